The first-order valence-electron chi connectivity index (χ1n) is 3.31. The molecule has 2 aromatic rings. The van der Waals surface area contributed by atoms with Gasteiger partial charge in [-0.3, -0.25) is 4.79 Å². The van der Waals surface area contributed by atoms with Gasteiger partial charge in [0.15, 0.2) is 6.29 Å². The van der Waals surface area contributed by atoms with Gasteiger partial charge in [-0.2, -0.15) is 0 Å². The van der Waals surface area contributed by atoms with E-state index in [1.54, 1.807) is 12.3 Å². The van der Waals surface area contributed by atoms with Crippen LogP contribution in [0.3, 0.4) is 0 Å². The second kappa shape index (κ2) is 2.84. The van der Waals surface area contributed by atoms with Gasteiger partial charge in [-0.1, -0.05) is 11.6 Å². The molecule has 60 valence electrons. The highest BCUT2D eigenvalue weighted by atomic mass is 35.5. The molecule has 0 unspecified atom stereocenters. The average molecular weight is 198 g/mol. The zero-order valence-corrected chi connectivity index (χ0v) is 7.52. The lowest BCUT2D eigenvalue weighted by atomic mass is 10.2. The van der Waals surface area contributed by atoms with Gasteiger partial charge in [0.05, 0.1) is 5.56 Å². The molecule has 2 heterocycles. The van der Waals surface area contributed by atoms with Gasteiger partial charge in [0.25, 0.3) is 0 Å². The Morgan fingerprint density at radius 3 is 3.17 bits per heavy atom. The minimum Gasteiger partial charge on any atom is -0.298 e. The summed E-state index contributed by atoms with van der Waals surface area (Å²) in [5, 5.41) is 0.836. The molecular weight excluding hydrogens is 194 g/mol. The van der Waals surface area contributed by atoms with Crippen LogP contribution in [-0.2, 0) is 0 Å². The standard InChI is InChI=1S/C8H4ClNOS/c9-7-6(4-11)5-2-1-3-10-8(5)12-7/h1-4H. The molecule has 4 heteroatoms. The molecule has 0 saturated heterocycles. The molecule has 0 atom stereocenters. The van der Waals surface area contributed by atoms with Crippen LogP contribution in [0.2, 0.25) is 4.34 Å². The number of nitrogens with zero attached hydrogens (tertiary/aromatic N) is 1. The van der Waals surface area contributed by atoms with Crippen molar-refractivity contribution in [2.75, 3.05) is 0 Å². The Morgan fingerprint density at radius 1 is 1.58 bits per heavy atom. The number of hydrogen-bond donors (Lipinski definition) is 0. The van der Waals surface area contributed by atoms with E-state index in [2.05, 4.69) is 4.98 Å². The summed E-state index contributed by atoms with van der Waals surface area (Å²) < 4.78 is 0.513. The maximum absolute atomic E-state index is 10.6. The lowest BCUT2D eigenvalue weighted by molar-refractivity contribution is 0.112. The molecule has 0 saturated carbocycles. The number of fused-ring (bicyclic) bond motifs is 1. The number of aldehydes is 1. The molecule has 0 aliphatic heterocycles. The minimum atomic E-state index is 0.513. The Bertz CT molecular complexity index is 438. The van der Waals surface area contributed by atoms with E-state index in [0.29, 0.717) is 9.90 Å². The highest BCUT2D eigenvalue weighted by Gasteiger charge is 2.08. The maximum atomic E-state index is 10.6. The first-order chi connectivity index (χ1) is 5.83. The monoisotopic (exact) mass is 197 g/mol. The van der Waals surface area contributed by atoms with E-state index in [1.807, 2.05) is 6.07 Å². The van der Waals surface area contributed by atoms with Gasteiger partial charge >= 0.3 is 0 Å². The third-order valence-corrected chi connectivity index (χ3v) is 2.93. The zero-order valence-electron chi connectivity index (χ0n) is 5.95. The number of aromatic nitrogens is 1. The fraction of sp³-hybridized carbons (Fsp3) is 0. The van der Waals surface area contributed by atoms with Crippen LogP contribution < -0.4 is 0 Å². The molecule has 0 spiro atoms. The fourth-order valence-corrected chi connectivity index (χ4v) is 2.24. The molecular formula is C8H4ClNOS. The molecule has 12 heavy (non-hydrogen) atoms. The topological polar surface area (TPSA) is 30.0 Å². The van der Waals surface area contributed by atoms with Crippen molar-refractivity contribution in [2.45, 2.75) is 0 Å². The number of rotatable bonds is 1. The summed E-state index contributed by atoms with van der Waals surface area (Å²) in [6.07, 6.45) is 2.45. The molecule has 0 aromatic carbocycles. The Balaban J connectivity index is 2.90. The van der Waals surface area contributed by atoms with Crippen molar-refractivity contribution < 1.29 is 4.79 Å². The average Bonchev–Trinajstić information content (AvgIpc) is 2.40. The molecule has 0 amide bonds. The summed E-state index contributed by atoms with van der Waals surface area (Å²) in [4.78, 5) is 15.5. The van der Waals surface area contributed by atoms with E-state index in [1.165, 1.54) is 11.3 Å². The van der Waals surface area contributed by atoms with Gasteiger partial charge < -0.3 is 0 Å². The van der Waals surface area contributed by atoms with E-state index < -0.39 is 0 Å². The molecule has 0 N–H and O–H groups in total. The van der Waals surface area contributed by atoms with Gasteiger partial charge in [-0.15, -0.1) is 11.3 Å². The molecule has 0 fully saturated rings. The molecule has 0 bridgehead atoms. The molecule has 0 radical (unpaired) electrons. The predicted molar refractivity (Wildman–Crippen MR) is 50.0 cm³/mol. The van der Waals surface area contributed by atoms with Crippen LogP contribution in [0, 0.1) is 0 Å². The largest absolute Gasteiger partial charge is 0.298 e. The van der Waals surface area contributed by atoms with Crippen LogP contribution in [0.1, 0.15) is 10.4 Å². The van der Waals surface area contributed by atoms with E-state index >= 15 is 0 Å². The van der Waals surface area contributed by atoms with E-state index in [0.717, 1.165) is 16.5 Å². The summed E-state index contributed by atoms with van der Waals surface area (Å²) in [6.45, 7) is 0. The number of carbonyl (C=O) groups is 1. The molecule has 0 aliphatic carbocycles. The van der Waals surface area contributed by atoms with Crippen LogP contribution in [0.15, 0.2) is 18.3 Å². The van der Waals surface area contributed by atoms with Gasteiger partial charge in [0.2, 0.25) is 0 Å². The van der Waals surface area contributed by atoms with Gasteiger partial charge in [-0.05, 0) is 12.1 Å². The first-order valence-corrected chi connectivity index (χ1v) is 4.50. The van der Waals surface area contributed by atoms with Crippen LogP contribution >= 0.6 is 22.9 Å². The van der Waals surface area contributed by atoms with Crippen molar-refractivity contribution in [1.29, 1.82) is 0 Å². The van der Waals surface area contributed by atoms with Crippen LogP contribution in [0.4, 0.5) is 0 Å². The van der Waals surface area contributed by atoms with Crippen molar-refractivity contribution >= 4 is 39.4 Å². The number of halogens is 1. The number of carbonyl (C=O) groups excluding carboxylic acids is 1. The van der Waals surface area contributed by atoms with Crippen LogP contribution in [0.25, 0.3) is 10.2 Å². The predicted octanol–water partition coefficient (Wildman–Crippen LogP) is 2.76. The van der Waals surface area contributed by atoms with Crippen molar-refractivity contribution in [1.82, 2.24) is 4.98 Å². The summed E-state index contributed by atoms with van der Waals surface area (Å²) >= 11 is 7.14. The van der Waals surface area contributed by atoms with E-state index in [9.17, 15) is 4.79 Å². The van der Waals surface area contributed by atoms with Crippen molar-refractivity contribution in [3.63, 3.8) is 0 Å². The van der Waals surface area contributed by atoms with Crippen molar-refractivity contribution in [3.8, 4) is 0 Å². The third kappa shape index (κ3) is 1.02. The number of hydrogen-bond acceptors (Lipinski definition) is 3. The second-order valence-electron chi connectivity index (χ2n) is 2.26. The summed E-state index contributed by atoms with van der Waals surface area (Å²) in [5.41, 5.74) is 0.546. The highest BCUT2D eigenvalue weighted by molar-refractivity contribution is 7.22. The number of pyridine rings is 1. The lowest BCUT2D eigenvalue weighted by Gasteiger charge is -1.86. The van der Waals surface area contributed by atoms with Crippen molar-refractivity contribution in [3.05, 3.63) is 28.2 Å². The zero-order chi connectivity index (χ0) is 8.55. The molecule has 2 rings (SSSR count). The Hall–Kier alpha value is -0.930. The SMILES string of the molecule is O=Cc1c(Cl)sc2ncccc12. The van der Waals surface area contributed by atoms with Crippen LogP contribution in [-0.4, -0.2) is 11.3 Å². The highest BCUT2D eigenvalue weighted by Crippen LogP contribution is 2.31. The van der Waals surface area contributed by atoms with Gasteiger partial charge in [0.1, 0.15) is 9.17 Å². The van der Waals surface area contributed by atoms with E-state index in [-0.39, 0.29) is 0 Å². The molecule has 0 aliphatic rings. The second-order valence-corrected chi connectivity index (χ2v) is 3.86. The molecule has 2 nitrogen and oxygen atoms in total. The third-order valence-electron chi connectivity index (χ3n) is 1.58. The normalized spacial score (nSPS) is 10.4. The quantitative estimate of drug-likeness (QED) is 0.658. The van der Waals surface area contributed by atoms with Gasteiger partial charge in [0, 0.05) is 11.6 Å². The van der Waals surface area contributed by atoms with Crippen molar-refractivity contribution in [2.24, 2.45) is 0 Å². The smallest absolute Gasteiger partial charge is 0.153 e. The molecule has 2 aromatic heterocycles. The summed E-state index contributed by atoms with van der Waals surface area (Å²) in [6, 6.07) is 3.63. The Labute approximate surface area is 77.8 Å². The Kier molecular flexibility index (Phi) is 1.83. The van der Waals surface area contributed by atoms with Crippen LogP contribution in [0.5, 0.6) is 0 Å². The Morgan fingerprint density at radius 2 is 2.42 bits per heavy atom. The maximum Gasteiger partial charge on any atom is 0.153 e. The number of thiophene rings is 1. The first kappa shape index (κ1) is 7.71. The summed E-state index contributed by atoms with van der Waals surface area (Å²) in [7, 11) is 0. The lowest BCUT2D eigenvalue weighted by Crippen LogP contribution is -1.76. The minimum absolute atomic E-state index is 0.513. The van der Waals surface area contributed by atoms with E-state index in [4.69, 9.17) is 11.6 Å². The summed E-state index contributed by atoms with van der Waals surface area (Å²) in [5.74, 6) is 0. The fourth-order valence-electron chi connectivity index (χ4n) is 1.03. The van der Waals surface area contributed by atoms with Gasteiger partial charge in [-0.25, -0.2) is 4.98 Å².